The van der Waals surface area contributed by atoms with Crippen LogP contribution in [0.5, 0.6) is 0 Å². The van der Waals surface area contributed by atoms with Gasteiger partial charge in [0, 0.05) is 14.5 Å². The molecule has 1 aliphatic rings. The van der Waals surface area contributed by atoms with Gasteiger partial charge in [0.25, 0.3) is 0 Å². The Bertz CT molecular complexity index is 452. The molecule has 24 heavy (non-hydrogen) atoms. The van der Waals surface area contributed by atoms with E-state index in [1.165, 1.54) is 0 Å². The second kappa shape index (κ2) is 6.76. The minimum Gasteiger partial charge on any atom is -0.327 e. The third-order valence-corrected chi connectivity index (χ3v) is 4.85. The monoisotopic (exact) mass is 450 g/mol. The van der Waals surface area contributed by atoms with Crippen LogP contribution in [0.2, 0.25) is 0 Å². The van der Waals surface area contributed by atoms with Gasteiger partial charge in [0.2, 0.25) is 11.8 Å². The molecule has 0 N–H and O–H groups in total. The van der Waals surface area contributed by atoms with Crippen molar-refractivity contribution in [1.29, 1.82) is 0 Å². The Hall–Kier alpha value is -0.330. The lowest BCUT2D eigenvalue weighted by Gasteiger charge is -2.50. The van der Waals surface area contributed by atoms with Gasteiger partial charge in [-0.1, -0.05) is 57.2 Å². The molecule has 0 spiro atoms. The highest BCUT2D eigenvalue weighted by atomic mass is 127. The number of carbonyl (C=O) groups is 2. The number of nitrogens with zero attached hydrogens (tertiary/aromatic N) is 2. The van der Waals surface area contributed by atoms with Gasteiger partial charge in [0.05, 0.1) is 0 Å². The van der Waals surface area contributed by atoms with Crippen LogP contribution in [-0.2, 0) is 9.59 Å². The fourth-order valence-electron chi connectivity index (χ4n) is 4.24. The summed E-state index contributed by atoms with van der Waals surface area (Å²) in [5.41, 5.74) is -0.532. The molecule has 0 aromatic heterocycles. The van der Waals surface area contributed by atoms with Gasteiger partial charge in [-0.15, -0.1) is 0 Å². The van der Waals surface area contributed by atoms with Crippen LogP contribution in [0.1, 0.15) is 75.2 Å². The summed E-state index contributed by atoms with van der Waals surface area (Å²) in [5, 5.41) is 0. The molecule has 0 saturated carbocycles. The Kier molecular flexibility index (Phi) is 6.12. The lowest BCUT2D eigenvalue weighted by atomic mass is 9.80. The van der Waals surface area contributed by atoms with Gasteiger partial charge in [-0.3, -0.25) is 9.59 Å². The average molecular weight is 450 g/mol. The van der Waals surface area contributed by atoms with E-state index in [0.717, 1.165) is 12.8 Å². The number of hydrogen-bond donors (Lipinski definition) is 0. The fraction of sp³-hybridized carbons (Fsp3) is 0.895. The molecule has 140 valence electrons. The highest BCUT2D eigenvalue weighted by Crippen LogP contribution is 2.36. The van der Waals surface area contributed by atoms with Crippen molar-refractivity contribution in [1.82, 2.24) is 9.80 Å². The van der Waals surface area contributed by atoms with Crippen molar-refractivity contribution in [3.63, 3.8) is 0 Å². The molecule has 2 amide bonds. The highest BCUT2D eigenvalue weighted by molar-refractivity contribution is 14.1. The summed E-state index contributed by atoms with van der Waals surface area (Å²) in [5.74, 6) is 0.116. The SMILES string of the molecule is CC(C)(C)CC(C)(C)N1CC(=O)N(C(C)(C)CC(C)(C)I)CC1=O. The second-order valence-corrected chi connectivity index (χ2v) is 13.1. The maximum atomic E-state index is 12.8. The Balaban J connectivity index is 2.96. The average Bonchev–Trinajstić information content (AvgIpc) is 2.24. The van der Waals surface area contributed by atoms with Gasteiger partial charge in [0.15, 0.2) is 0 Å². The van der Waals surface area contributed by atoms with E-state index in [4.69, 9.17) is 0 Å². The fourth-order valence-corrected chi connectivity index (χ4v) is 5.17. The number of rotatable bonds is 5. The van der Waals surface area contributed by atoms with Crippen molar-refractivity contribution in [3.05, 3.63) is 0 Å². The lowest BCUT2D eigenvalue weighted by Crippen LogP contribution is -2.65. The van der Waals surface area contributed by atoms with Crippen LogP contribution < -0.4 is 0 Å². The molecule has 1 saturated heterocycles. The number of halogens is 1. The highest BCUT2D eigenvalue weighted by Gasteiger charge is 2.44. The molecule has 4 nitrogen and oxygen atoms in total. The van der Waals surface area contributed by atoms with Crippen molar-refractivity contribution in [3.8, 4) is 0 Å². The smallest absolute Gasteiger partial charge is 0.243 e. The van der Waals surface area contributed by atoms with E-state index in [1.54, 1.807) is 9.80 Å². The standard InChI is InChI=1S/C19H35IN2O2/c1-16(2,3)12-18(6,7)21-10-15(24)22(11-14(21)23)19(8,9)13-17(4,5)20/h10-13H2,1-9H3. The first-order chi connectivity index (χ1) is 10.4. The van der Waals surface area contributed by atoms with Gasteiger partial charge in [0.1, 0.15) is 13.1 Å². The van der Waals surface area contributed by atoms with Crippen molar-refractivity contribution in [2.45, 2.75) is 89.7 Å². The van der Waals surface area contributed by atoms with Crippen LogP contribution in [0.3, 0.4) is 0 Å². The Labute approximate surface area is 161 Å². The Morgan fingerprint density at radius 1 is 0.750 bits per heavy atom. The molecule has 0 radical (unpaired) electrons. The van der Waals surface area contributed by atoms with E-state index in [0.29, 0.717) is 0 Å². The number of amides is 2. The zero-order valence-corrected chi connectivity index (χ0v) is 19.1. The van der Waals surface area contributed by atoms with E-state index in [2.05, 4.69) is 84.9 Å². The van der Waals surface area contributed by atoms with Crippen LogP contribution in [0, 0.1) is 5.41 Å². The number of hydrogen-bond acceptors (Lipinski definition) is 2. The zero-order chi connectivity index (χ0) is 19.1. The normalized spacial score (nSPS) is 18.4. The molecule has 0 aromatic carbocycles. The van der Waals surface area contributed by atoms with Crippen LogP contribution in [-0.4, -0.2) is 49.2 Å². The molecule has 1 heterocycles. The van der Waals surface area contributed by atoms with Gasteiger partial charge < -0.3 is 9.80 Å². The topological polar surface area (TPSA) is 40.6 Å². The van der Waals surface area contributed by atoms with E-state index < -0.39 is 0 Å². The maximum Gasteiger partial charge on any atom is 0.243 e. The summed E-state index contributed by atoms with van der Waals surface area (Å²) in [7, 11) is 0. The van der Waals surface area contributed by atoms with Crippen molar-refractivity contribution in [2.75, 3.05) is 13.1 Å². The van der Waals surface area contributed by atoms with E-state index in [9.17, 15) is 9.59 Å². The van der Waals surface area contributed by atoms with Crippen LogP contribution in [0.25, 0.3) is 0 Å². The summed E-state index contributed by atoms with van der Waals surface area (Å²) >= 11 is 2.41. The van der Waals surface area contributed by atoms with Gasteiger partial charge in [-0.05, 0) is 46.0 Å². The summed E-state index contributed by atoms with van der Waals surface area (Å²) < 4.78 is 0.0766. The first-order valence-electron chi connectivity index (χ1n) is 8.75. The van der Waals surface area contributed by atoms with Gasteiger partial charge in [-0.25, -0.2) is 0 Å². The number of piperazine rings is 1. The Morgan fingerprint density at radius 3 is 1.38 bits per heavy atom. The molecule has 5 heteroatoms. The minimum atomic E-state index is -0.322. The molecule has 0 unspecified atom stereocenters. The third-order valence-electron chi connectivity index (χ3n) is 4.47. The molecule has 1 aliphatic heterocycles. The maximum absolute atomic E-state index is 12.8. The van der Waals surface area contributed by atoms with Crippen molar-refractivity contribution >= 4 is 34.4 Å². The third kappa shape index (κ3) is 5.88. The summed E-state index contributed by atoms with van der Waals surface area (Å²) in [6.45, 7) is 19.5. The van der Waals surface area contributed by atoms with Gasteiger partial charge in [-0.2, -0.15) is 0 Å². The lowest BCUT2D eigenvalue weighted by molar-refractivity contribution is -0.161. The molecule has 0 atom stereocenters. The molecule has 0 aromatic rings. The van der Waals surface area contributed by atoms with E-state index in [-0.39, 0.29) is 44.8 Å². The zero-order valence-electron chi connectivity index (χ0n) is 16.9. The minimum absolute atomic E-state index is 0.0576. The number of alkyl halides is 1. The Morgan fingerprint density at radius 2 is 1.08 bits per heavy atom. The second-order valence-electron chi connectivity index (χ2n) is 10.2. The van der Waals surface area contributed by atoms with Crippen LogP contribution in [0.4, 0.5) is 0 Å². The quantitative estimate of drug-likeness (QED) is 0.464. The van der Waals surface area contributed by atoms with Crippen molar-refractivity contribution in [2.24, 2.45) is 5.41 Å². The molecule has 1 fully saturated rings. The first-order valence-corrected chi connectivity index (χ1v) is 9.82. The van der Waals surface area contributed by atoms with Crippen LogP contribution >= 0.6 is 22.6 Å². The summed E-state index contributed by atoms with van der Waals surface area (Å²) in [4.78, 5) is 29.2. The number of carbonyl (C=O) groups excluding carboxylic acids is 2. The predicted octanol–water partition coefficient (Wildman–Crippen LogP) is 4.25. The summed E-state index contributed by atoms with van der Waals surface area (Å²) in [6, 6.07) is 0. The van der Waals surface area contributed by atoms with Crippen LogP contribution in [0.15, 0.2) is 0 Å². The van der Waals surface area contributed by atoms with E-state index >= 15 is 0 Å². The van der Waals surface area contributed by atoms with Gasteiger partial charge >= 0.3 is 0 Å². The molecule has 0 bridgehead atoms. The first kappa shape index (κ1) is 21.7. The largest absolute Gasteiger partial charge is 0.327 e. The predicted molar refractivity (Wildman–Crippen MR) is 108 cm³/mol. The summed E-state index contributed by atoms with van der Waals surface area (Å²) in [6.07, 6.45) is 1.72. The van der Waals surface area contributed by atoms with E-state index in [1.807, 2.05) is 0 Å². The van der Waals surface area contributed by atoms with Crippen molar-refractivity contribution < 1.29 is 9.59 Å². The molecular formula is C19H35IN2O2. The molecule has 1 rings (SSSR count). The molecule has 0 aliphatic carbocycles. The molecular weight excluding hydrogens is 415 g/mol.